The van der Waals surface area contributed by atoms with Gasteiger partial charge >= 0.3 is 12.2 Å². The lowest BCUT2D eigenvalue weighted by atomic mass is 9.96. The molecule has 1 heterocycles. The monoisotopic (exact) mass is 394 g/mol. The minimum absolute atomic E-state index is 0.00285. The number of amides is 2. The van der Waals surface area contributed by atoms with E-state index in [0.29, 0.717) is 0 Å². The van der Waals surface area contributed by atoms with Gasteiger partial charge in [0, 0.05) is 13.1 Å². The molecule has 0 spiro atoms. The number of ether oxygens (including phenoxy) is 3. The Hall–Kier alpha value is -2.32. The standard InChI is InChI=1S/C20H30N2O6/c1-18(2,3)28-16(23)21-12-20(13-26-19(4,5)27-14-20)22(17(24)25)11-15-9-7-6-8-10-15/h6-10H,11-14H2,1-5H3,(H,21,23)(H,24,25). The molecule has 1 aromatic rings. The fraction of sp³-hybridized carbons (Fsp3) is 0.600. The molecule has 0 unspecified atom stereocenters. The zero-order valence-corrected chi connectivity index (χ0v) is 17.2. The summed E-state index contributed by atoms with van der Waals surface area (Å²) in [6, 6.07) is 9.25. The Morgan fingerprint density at radius 2 is 1.75 bits per heavy atom. The normalized spacial score (nSPS) is 18.2. The van der Waals surface area contributed by atoms with Gasteiger partial charge in [-0.15, -0.1) is 0 Å². The lowest BCUT2D eigenvalue weighted by Gasteiger charge is -2.48. The van der Waals surface area contributed by atoms with Crippen molar-refractivity contribution in [3.05, 3.63) is 35.9 Å². The topological polar surface area (TPSA) is 97.3 Å². The van der Waals surface area contributed by atoms with E-state index in [9.17, 15) is 14.7 Å². The van der Waals surface area contributed by atoms with Gasteiger partial charge in [-0.2, -0.15) is 0 Å². The molecule has 0 bridgehead atoms. The van der Waals surface area contributed by atoms with E-state index < -0.39 is 29.1 Å². The quantitative estimate of drug-likeness (QED) is 0.796. The number of nitrogens with zero attached hydrogens (tertiary/aromatic N) is 1. The van der Waals surface area contributed by atoms with Crippen molar-refractivity contribution >= 4 is 12.2 Å². The predicted molar refractivity (Wildman–Crippen MR) is 103 cm³/mol. The molecule has 0 aliphatic carbocycles. The zero-order chi connectivity index (χ0) is 21.0. The van der Waals surface area contributed by atoms with Crippen LogP contribution in [-0.2, 0) is 20.8 Å². The SMILES string of the molecule is CC(C)(C)OC(=O)NCC1(N(Cc2ccccc2)C(=O)O)COC(C)(C)OC1. The van der Waals surface area contributed by atoms with Crippen LogP contribution in [0.5, 0.6) is 0 Å². The second-order valence-electron chi connectivity index (χ2n) is 8.41. The van der Waals surface area contributed by atoms with Crippen LogP contribution in [0.25, 0.3) is 0 Å². The van der Waals surface area contributed by atoms with Gasteiger partial charge in [0.2, 0.25) is 0 Å². The maximum atomic E-state index is 12.1. The average molecular weight is 394 g/mol. The molecule has 1 aliphatic heterocycles. The van der Waals surface area contributed by atoms with Crippen molar-refractivity contribution in [3.8, 4) is 0 Å². The van der Waals surface area contributed by atoms with Crippen LogP contribution >= 0.6 is 0 Å². The summed E-state index contributed by atoms with van der Waals surface area (Å²) in [5.74, 6) is -0.827. The van der Waals surface area contributed by atoms with E-state index in [1.54, 1.807) is 34.6 Å². The summed E-state index contributed by atoms with van der Waals surface area (Å²) in [7, 11) is 0. The van der Waals surface area contributed by atoms with Gasteiger partial charge in [0.1, 0.15) is 11.1 Å². The molecule has 0 saturated carbocycles. The Morgan fingerprint density at radius 1 is 1.18 bits per heavy atom. The Labute approximate surface area is 165 Å². The van der Waals surface area contributed by atoms with Gasteiger partial charge in [0.05, 0.1) is 13.2 Å². The van der Waals surface area contributed by atoms with E-state index in [4.69, 9.17) is 14.2 Å². The molecule has 0 radical (unpaired) electrons. The molecule has 156 valence electrons. The number of alkyl carbamates (subject to hydrolysis) is 1. The summed E-state index contributed by atoms with van der Waals surface area (Å²) in [5, 5.41) is 12.6. The van der Waals surface area contributed by atoms with Gasteiger partial charge in [-0.05, 0) is 40.2 Å². The fourth-order valence-electron chi connectivity index (χ4n) is 2.81. The van der Waals surface area contributed by atoms with Crippen molar-refractivity contribution in [2.24, 2.45) is 0 Å². The predicted octanol–water partition coefficient (Wildman–Crippen LogP) is 3.21. The van der Waals surface area contributed by atoms with Crippen LogP contribution in [0.2, 0.25) is 0 Å². The molecule has 8 heteroatoms. The van der Waals surface area contributed by atoms with Gasteiger partial charge in [-0.25, -0.2) is 9.59 Å². The Kier molecular flexibility index (Phi) is 6.56. The van der Waals surface area contributed by atoms with Crippen LogP contribution in [0.3, 0.4) is 0 Å². The molecule has 0 atom stereocenters. The number of carboxylic acid groups (broad SMARTS) is 1. The number of hydrogen-bond donors (Lipinski definition) is 2. The van der Waals surface area contributed by atoms with E-state index >= 15 is 0 Å². The zero-order valence-electron chi connectivity index (χ0n) is 17.2. The first-order chi connectivity index (χ1) is 12.9. The third-order valence-corrected chi connectivity index (χ3v) is 4.32. The van der Waals surface area contributed by atoms with Crippen molar-refractivity contribution in [2.75, 3.05) is 19.8 Å². The van der Waals surface area contributed by atoms with Crippen molar-refractivity contribution < 1.29 is 28.9 Å². The number of hydrogen-bond acceptors (Lipinski definition) is 5. The summed E-state index contributed by atoms with van der Waals surface area (Å²) in [6.07, 6.45) is -1.75. The van der Waals surface area contributed by atoms with Gasteiger partial charge < -0.3 is 24.6 Å². The number of benzene rings is 1. The second kappa shape index (κ2) is 8.36. The Bertz CT molecular complexity index is 674. The van der Waals surface area contributed by atoms with Crippen molar-refractivity contribution in [2.45, 2.75) is 58.1 Å². The van der Waals surface area contributed by atoms with Gasteiger partial charge in [0.15, 0.2) is 5.79 Å². The van der Waals surface area contributed by atoms with Gasteiger partial charge in [-0.1, -0.05) is 30.3 Å². The molecule has 1 saturated heterocycles. The number of carbonyl (C=O) groups is 2. The highest BCUT2D eigenvalue weighted by Gasteiger charge is 2.47. The number of nitrogens with one attached hydrogen (secondary N) is 1. The van der Waals surface area contributed by atoms with Crippen LogP contribution in [-0.4, -0.2) is 58.9 Å². The maximum Gasteiger partial charge on any atom is 0.408 e. The molecular weight excluding hydrogens is 364 g/mol. The summed E-state index contributed by atoms with van der Waals surface area (Å²) in [5.41, 5.74) is -0.921. The average Bonchev–Trinajstić information content (AvgIpc) is 2.59. The molecule has 2 rings (SSSR count). The van der Waals surface area contributed by atoms with Crippen LogP contribution in [0.15, 0.2) is 30.3 Å². The van der Waals surface area contributed by atoms with Gasteiger partial charge in [0.25, 0.3) is 0 Å². The van der Waals surface area contributed by atoms with E-state index in [0.717, 1.165) is 5.56 Å². The van der Waals surface area contributed by atoms with Crippen LogP contribution < -0.4 is 5.32 Å². The Balaban J connectivity index is 2.23. The van der Waals surface area contributed by atoms with E-state index in [2.05, 4.69) is 5.32 Å². The lowest BCUT2D eigenvalue weighted by Crippen LogP contribution is -2.66. The van der Waals surface area contributed by atoms with E-state index in [1.165, 1.54) is 4.90 Å². The molecular formula is C20H30N2O6. The minimum atomic E-state index is -1.12. The summed E-state index contributed by atoms with van der Waals surface area (Å²) in [4.78, 5) is 25.5. The number of rotatable bonds is 5. The molecule has 28 heavy (non-hydrogen) atoms. The minimum Gasteiger partial charge on any atom is -0.465 e. The van der Waals surface area contributed by atoms with Crippen molar-refractivity contribution in [3.63, 3.8) is 0 Å². The van der Waals surface area contributed by atoms with Crippen LogP contribution in [0.1, 0.15) is 40.2 Å². The van der Waals surface area contributed by atoms with Crippen LogP contribution in [0, 0.1) is 0 Å². The molecule has 0 aromatic heterocycles. The smallest absolute Gasteiger partial charge is 0.408 e. The van der Waals surface area contributed by atoms with E-state index in [1.807, 2.05) is 30.3 Å². The Morgan fingerprint density at radius 3 is 2.25 bits per heavy atom. The third-order valence-electron chi connectivity index (χ3n) is 4.32. The molecule has 1 aliphatic rings. The second-order valence-corrected chi connectivity index (χ2v) is 8.41. The van der Waals surface area contributed by atoms with Crippen molar-refractivity contribution in [1.29, 1.82) is 0 Å². The highest BCUT2D eigenvalue weighted by Crippen LogP contribution is 2.29. The first-order valence-electron chi connectivity index (χ1n) is 9.22. The highest BCUT2D eigenvalue weighted by atomic mass is 16.7. The summed E-state index contributed by atoms with van der Waals surface area (Å²) in [6.45, 7) is 9.10. The molecule has 8 nitrogen and oxygen atoms in total. The number of carbonyl (C=O) groups excluding carboxylic acids is 1. The fourth-order valence-corrected chi connectivity index (χ4v) is 2.81. The third kappa shape index (κ3) is 6.10. The lowest BCUT2D eigenvalue weighted by molar-refractivity contribution is -0.283. The first-order valence-corrected chi connectivity index (χ1v) is 9.22. The summed E-state index contributed by atoms with van der Waals surface area (Å²) >= 11 is 0. The van der Waals surface area contributed by atoms with Gasteiger partial charge in [-0.3, -0.25) is 4.90 Å². The molecule has 2 N–H and O–H groups in total. The van der Waals surface area contributed by atoms with E-state index in [-0.39, 0.29) is 26.3 Å². The maximum absolute atomic E-state index is 12.1. The van der Waals surface area contributed by atoms with Crippen molar-refractivity contribution in [1.82, 2.24) is 10.2 Å². The first kappa shape index (κ1) is 22.0. The van der Waals surface area contributed by atoms with Crippen LogP contribution in [0.4, 0.5) is 9.59 Å². The molecule has 1 aromatic carbocycles. The summed E-state index contributed by atoms with van der Waals surface area (Å²) < 4.78 is 16.8. The highest BCUT2D eigenvalue weighted by molar-refractivity contribution is 5.69. The largest absolute Gasteiger partial charge is 0.465 e. The molecule has 1 fully saturated rings. The molecule has 2 amide bonds.